The number of allylic oxidation sites excluding steroid dienone is 5. The van der Waals surface area contributed by atoms with Crippen LogP contribution in [0.2, 0.25) is 0 Å². The predicted molar refractivity (Wildman–Crippen MR) is 324 cm³/mol. The number of carbonyl (C=O) groups is 2. The minimum Gasteiger partial charge on any atom is -0.466 e. The van der Waals surface area contributed by atoms with E-state index in [1.165, 1.54) is 283 Å². The van der Waals surface area contributed by atoms with E-state index >= 15 is 0 Å². The third kappa shape index (κ3) is 59.3. The number of ether oxygens (including phenoxy) is 1. The molecule has 2 atom stereocenters. The molecule has 0 aromatic heterocycles. The van der Waals surface area contributed by atoms with Gasteiger partial charge in [-0.2, -0.15) is 0 Å². The summed E-state index contributed by atoms with van der Waals surface area (Å²) in [5.41, 5.74) is 0. The summed E-state index contributed by atoms with van der Waals surface area (Å²) >= 11 is 0. The lowest BCUT2D eigenvalue weighted by atomic mass is 10.0. The molecule has 0 aromatic carbocycles. The van der Waals surface area contributed by atoms with Crippen LogP contribution in [0.5, 0.6) is 0 Å². The van der Waals surface area contributed by atoms with Crippen LogP contribution >= 0.6 is 0 Å². The Balaban J connectivity index is 3.42. The fourth-order valence-electron chi connectivity index (χ4n) is 10.3. The van der Waals surface area contributed by atoms with Crippen molar-refractivity contribution in [3.8, 4) is 0 Å². The van der Waals surface area contributed by atoms with Gasteiger partial charge in [0.25, 0.3) is 0 Å². The largest absolute Gasteiger partial charge is 0.466 e. The second kappa shape index (κ2) is 63.6. The van der Waals surface area contributed by atoms with Crippen LogP contribution < -0.4 is 5.32 Å². The summed E-state index contributed by atoms with van der Waals surface area (Å²) in [7, 11) is 0. The summed E-state index contributed by atoms with van der Waals surface area (Å²) < 4.78 is 5.49. The molecule has 0 radical (unpaired) electrons. The van der Waals surface area contributed by atoms with Crippen LogP contribution in [-0.2, 0) is 14.3 Å². The smallest absolute Gasteiger partial charge is 0.305 e. The van der Waals surface area contributed by atoms with Crippen molar-refractivity contribution in [1.29, 1.82) is 0 Å². The van der Waals surface area contributed by atoms with Gasteiger partial charge in [-0.05, 0) is 83.5 Å². The van der Waals surface area contributed by atoms with E-state index in [9.17, 15) is 19.8 Å². The fraction of sp³-hybridized carbons (Fsp3) is 0.882. The summed E-state index contributed by atoms with van der Waals surface area (Å²) in [6.45, 7) is 4.92. The van der Waals surface area contributed by atoms with Gasteiger partial charge in [0.05, 0.1) is 25.4 Å². The third-order valence-corrected chi connectivity index (χ3v) is 15.4. The Morgan fingerprint density at radius 1 is 0.365 bits per heavy atom. The molecule has 74 heavy (non-hydrogen) atoms. The fourth-order valence-corrected chi connectivity index (χ4v) is 10.3. The van der Waals surface area contributed by atoms with Crippen LogP contribution in [-0.4, -0.2) is 47.4 Å². The van der Waals surface area contributed by atoms with Gasteiger partial charge in [-0.3, -0.25) is 9.59 Å². The van der Waals surface area contributed by atoms with Crippen molar-refractivity contribution >= 4 is 11.9 Å². The predicted octanol–water partition coefficient (Wildman–Crippen LogP) is 21.1. The topological polar surface area (TPSA) is 95.9 Å². The Labute approximate surface area is 462 Å². The molecule has 6 heteroatoms. The van der Waals surface area contributed by atoms with Crippen molar-refractivity contribution in [1.82, 2.24) is 5.32 Å². The zero-order valence-corrected chi connectivity index (χ0v) is 49.8. The number of esters is 1. The third-order valence-electron chi connectivity index (χ3n) is 15.4. The molecule has 0 saturated carbocycles. The Hall–Kier alpha value is -1.92. The molecule has 436 valence electrons. The summed E-state index contributed by atoms with van der Waals surface area (Å²) in [5, 5.41) is 23.2. The van der Waals surface area contributed by atoms with Crippen molar-refractivity contribution in [3.05, 3.63) is 36.5 Å². The van der Waals surface area contributed by atoms with Gasteiger partial charge < -0.3 is 20.3 Å². The lowest BCUT2D eigenvalue weighted by Gasteiger charge is -2.20. The van der Waals surface area contributed by atoms with Gasteiger partial charge in [-0.15, -0.1) is 0 Å². The average molecular weight is 1040 g/mol. The summed E-state index contributed by atoms with van der Waals surface area (Å²) in [4.78, 5) is 24.6. The number of carbonyl (C=O) groups excluding carboxylic acids is 2. The van der Waals surface area contributed by atoms with Gasteiger partial charge in [-0.25, -0.2) is 0 Å². The molecule has 0 aliphatic rings. The van der Waals surface area contributed by atoms with Gasteiger partial charge >= 0.3 is 5.97 Å². The molecule has 0 rings (SSSR count). The lowest BCUT2D eigenvalue weighted by Crippen LogP contribution is -2.45. The zero-order valence-electron chi connectivity index (χ0n) is 49.8. The molecule has 2 unspecified atom stereocenters. The van der Waals surface area contributed by atoms with Gasteiger partial charge in [0.1, 0.15) is 0 Å². The first-order chi connectivity index (χ1) is 36.5. The average Bonchev–Trinajstić information content (AvgIpc) is 3.40. The summed E-state index contributed by atoms with van der Waals surface area (Å²) in [6.07, 6.45) is 80.5. The first-order valence-electron chi connectivity index (χ1n) is 33.3. The standard InChI is InChI=1S/C68H129NO5/c1-3-5-7-9-11-13-15-17-19-28-32-36-40-44-48-52-56-60-66(71)65(64-70)69-67(72)61-57-53-49-45-41-37-33-30-26-24-22-21-23-25-27-31-35-39-43-47-51-55-59-63-74-68(73)62-58-54-50-46-42-38-34-29-20-18-16-14-12-10-8-6-4-2/h18,20,24,26,56,60,65-66,70-71H,3-17,19,21-23,25,27-55,57-59,61-64H2,1-2H3,(H,69,72)/b20-18-,26-24-,60-56+. The number of hydrogen-bond acceptors (Lipinski definition) is 5. The van der Waals surface area contributed by atoms with Gasteiger partial charge in [0.15, 0.2) is 0 Å². The van der Waals surface area contributed by atoms with E-state index in [1.807, 2.05) is 6.08 Å². The van der Waals surface area contributed by atoms with E-state index in [1.54, 1.807) is 6.08 Å². The molecular weight excluding hydrogens is 911 g/mol. The molecule has 0 aliphatic heterocycles. The number of nitrogens with one attached hydrogen (secondary N) is 1. The van der Waals surface area contributed by atoms with Gasteiger partial charge in [0, 0.05) is 12.8 Å². The van der Waals surface area contributed by atoms with E-state index in [-0.39, 0.29) is 18.5 Å². The highest BCUT2D eigenvalue weighted by atomic mass is 16.5. The number of hydrogen-bond donors (Lipinski definition) is 3. The molecule has 0 aromatic rings. The number of rotatable bonds is 62. The van der Waals surface area contributed by atoms with E-state index in [0.717, 1.165) is 51.4 Å². The molecule has 1 amide bonds. The van der Waals surface area contributed by atoms with Crippen molar-refractivity contribution < 1.29 is 24.5 Å². The maximum Gasteiger partial charge on any atom is 0.305 e. The first-order valence-corrected chi connectivity index (χ1v) is 33.3. The number of aliphatic hydroxyl groups is 2. The quantitative estimate of drug-likeness (QED) is 0.0320. The van der Waals surface area contributed by atoms with Crippen LogP contribution in [0.3, 0.4) is 0 Å². The lowest BCUT2D eigenvalue weighted by molar-refractivity contribution is -0.143. The normalized spacial score (nSPS) is 12.8. The number of amides is 1. The molecular formula is C68H129NO5. The van der Waals surface area contributed by atoms with Crippen molar-refractivity contribution in [2.75, 3.05) is 13.2 Å². The van der Waals surface area contributed by atoms with E-state index in [4.69, 9.17) is 4.74 Å². The highest BCUT2D eigenvalue weighted by Gasteiger charge is 2.18. The Kier molecular flexibility index (Phi) is 62.0. The molecule has 0 heterocycles. The molecule has 6 nitrogen and oxygen atoms in total. The van der Waals surface area contributed by atoms with Crippen LogP contribution in [0.4, 0.5) is 0 Å². The van der Waals surface area contributed by atoms with Crippen LogP contribution in [0.1, 0.15) is 361 Å². The summed E-state index contributed by atoms with van der Waals surface area (Å²) in [5.74, 6) is -0.0643. The monoisotopic (exact) mass is 1040 g/mol. The maximum atomic E-state index is 12.5. The van der Waals surface area contributed by atoms with Crippen LogP contribution in [0, 0.1) is 0 Å². The maximum absolute atomic E-state index is 12.5. The van der Waals surface area contributed by atoms with Crippen molar-refractivity contribution in [2.45, 2.75) is 373 Å². The molecule has 0 fully saturated rings. The minimum absolute atomic E-state index is 0.00793. The molecule has 0 aliphatic carbocycles. The second-order valence-corrected chi connectivity index (χ2v) is 22.8. The SMILES string of the molecule is CCCCCCCC/C=C\CCCCCCCCCC(=O)OCCCCCCCCCCCCCC/C=C\CCCCCCCCCC(=O)NC(CO)C(O)/C=C/CCCCCCCCCCCCCCCCC. The molecule has 0 saturated heterocycles. The Morgan fingerprint density at radius 3 is 0.959 bits per heavy atom. The highest BCUT2D eigenvalue weighted by molar-refractivity contribution is 5.76. The Bertz CT molecular complexity index is 1200. The zero-order chi connectivity index (χ0) is 53.6. The Morgan fingerprint density at radius 2 is 0.635 bits per heavy atom. The van der Waals surface area contributed by atoms with Crippen molar-refractivity contribution in [3.63, 3.8) is 0 Å². The first kappa shape index (κ1) is 72.1. The van der Waals surface area contributed by atoms with E-state index in [2.05, 4.69) is 43.5 Å². The second-order valence-electron chi connectivity index (χ2n) is 22.8. The highest BCUT2D eigenvalue weighted by Crippen LogP contribution is 2.17. The van der Waals surface area contributed by atoms with E-state index in [0.29, 0.717) is 19.4 Å². The summed E-state index contributed by atoms with van der Waals surface area (Å²) in [6, 6.07) is -0.633. The number of aliphatic hydroxyl groups excluding tert-OH is 2. The minimum atomic E-state index is -0.849. The molecule has 0 bridgehead atoms. The van der Waals surface area contributed by atoms with Crippen LogP contribution in [0.15, 0.2) is 36.5 Å². The van der Waals surface area contributed by atoms with Gasteiger partial charge in [0.2, 0.25) is 5.91 Å². The number of unbranched alkanes of at least 4 members (excludes halogenated alkanes) is 47. The van der Waals surface area contributed by atoms with Gasteiger partial charge in [-0.1, -0.05) is 301 Å². The van der Waals surface area contributed by atoms with Crippen LogP contribution in [0.25, 0.3) is 0 Å². The van der Waals surface area contributed by atoms with E-state index < -0.39 is 12.1 Å². The molecule has 0 spiro atoms. The van der Waals surface area contributed by atoms with Crippen molar-refractivity contribution in [2.24, 2.45) is 0 Å². The molecule has 3 N–H and O–H groups in total.